The summed E-state index contributed by atoms with van der Waals surface area (Å²) < 4.78 is 11.0. The van der Waals surface area contributed by atoms with Gasteiger partial charge in [0, 0.05) is 44.6 Å². The largest absolute Gasteiger partial charge is 0.381 e. The number of hydrogen-bond donors (Lipinski definition) is 0. The molecule has 2 aliphatic heterocycles. The van der Waals surface area contributed by atoms with Crippen LogP contribution in [0.1, 0.15) is 48.4 Å². The van der Waals surface area contributed by atoms with E-state index < -0.39 is 0 Å². The standard InChI is InChI=1S/C17H25N3O3/c1-3-19-9-12-14(10-19)20(7-6-15(12)22-2)17(21)13-8-16(23-18-13)11-4-5-11/h8,11-12,14-15H,3-7,9-10H2,1-2H3/t12-,14+,15+/m0/s1. The number of likely N-dealkylation sites (N-methyl/N-ethyl adjacent to an activating group) is 1. The predicted octanol–water partition coefficient (Wildman–Crippen LogP) is 1.73. The van der Waals surface area contributed by atoms with Gasteiger partial charge in [0.15, 0.2) is 5.69 Å². The second kappa shape index (κ2) is 5.91. The first-order valence-electron chi connectivity index (χ1n) is 8.74. The summed E-state index contributed by atoms with van der Waals surface area (Å²) in [5, 5.41) is 4.03. The molecule has 3 aliphatic rings. The zero-order chi connectivity index (χ0) is 16.0. The lowest BCUT2D eigenvalue weighted by molar-refractivity contribution is -0.0159. The molecule has 0 bridgehead atoms. The smallest absolute Gasteiger partial charge is 0.276 e. The van der Waals surface area contributed by atoms with Crippen LogP contribution in [-0.4, -0.2) is 66.3 Å². The van der Waals surface area contributed by atoms with E-state index in [1.165, 1.54) is 0 Å². The molecule has 1 aromatic rings. The number of rotatable bonds is 4. The Bertz CT molecular complexity index is 583. The van der Waals surface area contributed by atoms with Gasteiger partial charge < -0.3 is 19.1 Å². The van der Waals surface area contributed by atoms with Gasteiger partial charge in [-0.05, 0) is 25.8 Å². The molecule has 1 saturated carbocycles. The van der Waals surface area contributed by atoms with E-state index in [1.807, 2.05) is 11.0 Å². The Morgan fingerprint density at radius 3 is 2.91 bits per heavy atom. The van der Waals surface area contributed by atoms with Gasteiger partial charge in [-0.25, -0.2) is 0 Å². The molecule has 3 fully saturated rings. The minimum absolute atomic E-state index is 0.0168. The van der Waals surface area contributed by atoms with Crippen LogP contribution in [0.2, 0.25) is 0 Å². The second-order valence-corrected chi connectivity index (χ2v) is 7.03. The number of fused-ring (bicyclic) bond motifs is 1. The predicted molar refractivity (Wildman–Crippen MR) is 84.3 cm³/mol. The van der Waals surface area contributed by atoms with Crippen LogP contribution in [0.15, 0.2) is 10.6 Å². The lowest BCUT2D eigenvalue weighted by Crippen LogP contribution is -2.53. The molecule has 0 unspecified atom stereocenters. The molecule has 6 nitrogen and oxygen atoms in total. The van der Waals surface area contributed by atoms with Crippen molar-refractivity contribution in [3.8, 4) is 0 Å². The number of carbonyl (C=O) groups excluding carboxylic acids is 1. The highest BCUT2D eigenvalue weighted by atomic mass is 16.5. The van der Waals surface area contributed by atoms with Crippen LogP contribution in [0, 0.1) is 5.92 Å². The number of amides is 1. The molecule has 126 valence electrons. The molecule has 4 rings (SSSR count). The van der Waals surface area contributed by atoms with E-state index in [0.29, 0.717) is 17.5 Å². The first-order valence-corrected chi connectivity index (χ1v) is 8.74. The average molecular weight is 319 g/mol. The first kappa shape index (κ1) is 15.1. The van der Waals surface area contributed by atoms with E-state index in [2.05, 4.69) is 17.0 Å². The minimum Gasteiger partial charge on any atom is -0.381 e. The minimum atomic E-state index is 0.0168. The normalized spacial score (nSPS) is 31.4. The van der Waals surface area contributed by atoms with Crippen LogP contribution in [0.3, 0.4) is 0 Å². The van der Waals surface area contributed by atoms with Crippen molar-refractivity contribution in [3.05, 3.63) is 17.5 Å². The summed E-state index contributed by atoms with van der Waals surface area (Å²) in [5.74, 6) is 1.77. The molecule has 1 amide bonds. The molecule has 23 heavy (non-hydrogen) atoms. The third-order valence-corrected chi connectivity index (χ3v) is 5.68. The van der Waals surface area contributed by atoms with Crippen molar-refractivity contribution in [1.29, 1.82) is 0 Å². The molecule has 3 heterocycles. The Balaban J connectivity index is 1.53. The van der Waals surface area contributed by atoms with Crippen LogP contribution >= 0.6 is 0 Å². The summed E-state index contributed by atoms with van der Waals surface area (Å²) in [6.07, 6.45) is 3.45. The quantitative estimate of drug-likeness (QED) is 0.846. The van der Waals surface area contributed by atoms with Crippen LogP contribution in [0.4, 0.5) is 0 Å². The van der Waals surface area contributed by atoms with Gasteiger partial charge in [-0.3, -0.25) is 4.79 Å². The number of piperidine rings is 1. The molecule has 0 radical (unpaired) electrons. The third kappa shape index (κ3) is 2.68. The molecular formula is C17H25N3O3. The fraction of sp³-hybridized carbons (Fsp3) is 0.765. The van der Waals surface area contributed by atoms with Crippen molar-refractivity contribution in [2.75, 3.05) is 33.3 Å². The Morgan fingerprint density at radius 2 is 2.22 bits per heavy atom. The van der Waals surface area contributed by atoms with Crippen molar-refractivity contribution in [2.24, 2.45) is 5.92 Å². The molecular weight excluding hydrogens is 294 g/mol. The van der Waals surface area contributed by atoms with Gasteiger partial charge in [0.25, 0.3) is 5.91 Å². The molecule has 2 saturated heterocycles. The Labute approximate surface area is 136 Å². The molecule has 0 aromatic carbocycles. The topological polar surface area (TPSA) is 58.8 Å². The SMILES string of the molecule is CCN1C[C@H]2[C@@H](C1)N(C(=O)c1cc(C3CC3)on1)CC[C@H]2OC. The number of hydrogen-bond acceptors (Lipinski definition) is 5. The maximum Gasteiger partial charge on any atom is 0.276 e. The first-order chi connectivity index (χ1) is 11.2. The monoisotopic (exact) mass is 319 g/mol. The Hall–Kier alpha value is -1.40. The number of aromatic nitrogens is 1. The number of ether oxygens (including phenoxy) is 1. The van der Waals surface area contributed by atoms with Crippen molar-refractivity contribution < 1.29 is 14.1 Å². The van der Waals surface area contributed by atoms with Crippen LogP contribution < -0.4 is 0 Å². The van der Waals surface area contributed by atoms with Crippen molar-refractivity contribution in [3.63, 3.8) is 0 Å². The van der Waals surface area contributed by atoms with Crippen LogP contribution in [0.25, 0.3) is 0 Å². The number of nitrogens with zero attached hydrogens (tertiary/aromatic N) is 3. The second-order valence-electron chi connectivity index (χ2n) is 7.03. The van der Waals surface area contributed by atoms with E-state index in [-0.39, 0.29) is 18.1 Å². The summed E-state index contributed by atoms with van der Waals surface area (Å²) in [7, 11) is 1.79. The van der Waals surface area contributed by atoms with Crippen molar-refractivity contribution in [2.45, 2.75) is 44.2 Å². The van der Waals surface area contributed by atoms with Gasteiger partial charge >= 0.3 is 0 Å². The Morgan fingerprint density at radius 1 is 1.39 bits per heavy atom. The number of methoxy groups -OCH3 is 1. The maximum absolute atomic E-state index is 12.9. The van der Waals surface area contributed by atoms with Gasteiger partial charge in [-0.15, -0.1) is 0 Å². The summed E-state index contributed by atoms with van der Waals surface area (Å²) >= 11 is 0. The van der Waals surface area contributed by atoms with E-state index >= 15 is 0 Å². The fourth-order valence-corrected chi connectivity index (χ4v) is 4.14. The lowest BCUT2D eigenvalue weighted by atomic mass is 9.88. The zero-order valence-corrected chi connectivity index (χ0v) is 13.9. The molecule has 1 aliphatic carbocycles. The van der Waals surface area contributed by atoms with Crippen LogP contribution in [0.5, 0.6) is 0 Å². The highest BCUT2D eigenvalue weighted by Crippen LogP contribution is 2.40. The lowest BCUT2D eigenvalue weighted by Gasteiger charge is -2.40. The summed E-state index contributed by atoms with van der Waals surface area (Å²) in [5.41, 5.74) is 0.469. The van der Waals surface area contributed by atoms with E-state index in [9.17, 15) is 4.79 Å². The van der Waals surface area contributed by atoms with E-state index in [0.717, 1.165) is 51.2 Å². The highest BCUT2D eigenvalue weighted by molar-refractivity contribution is 5.92. The average Bonchev–Trinajstić information content (AvgIpc) is 3.14. The van der Waals surface area contributed by atoms with Gasteiger partial charge in [-0.2, -0.15) is 0 Å². The fourth-order valence-electron chi connectivity index (χ4n) is 4.14. The van der Waals surface area contributed by atoms with Gasteiger partial charge in [0.05, 0.1) is 12.1 Å². The highest BCUT2D eigenvalue weighted by Gasteiger charge is 2.46. The van der Waals surface area contributed by atoms with Crippen molar-refractivity contribution >= 4 is 5.91 Å². The summed E-state index contributed by atoms with van der Waals surface area (Å²) in [6.45, 7) is 5.86. The maximum atomic E-state index is 12.9. The van der Waals surface area contributed by atoms with Gasteiger partial charge in [0.1, 0.15) is 5.76 Å². The number of likely N-dealkylation sites (tertiary alicyclic amines) is 2. The summed E-state index contributed by atoms with van der Waals surface area (Å²) in [6, 6.07) is 2.08. The zero-order valence-electron chi connectivity index (χ0n) is 13.9. The third-order valence-electron chi connectivity index (χ3n) is 5.68. The van der Waals surface area contributed by atoms with E-state index in [4.69, 9.17) is 9.26 Å². The van der Waals surface area contributed by atoms with Crippen molar-refractivity contribution in [1.82, 2.24) is 15.0 Å². The molecule has 3 atom stereocenters. The van der Waals surface area contributed by atoms with Gasteiger partial charge in [0.2, 0.25) is 0 Å². The van der Waals surface area contributed by atoms with Crippen LogP contribution in [-0.2, 0) is 4.74 Å². The summed E-state index contributed by atoms with van der Waals surface area (Å²) in [4.78, 5) is 17.3. The molecule has 1 aromatic heterocycles. The molecule has 6 heteroatoms. The number of carbonyl (C=O) groups is 1. The van der Waals surface area contributed by atoms with E-state index in [1.54, 1.807) is 7.11 Å². The molecule has 0 N–H and O–H groups in total. The van der Waals surface area contributed by atoms with Gasteiger partial charge in [-0.1, -0.05) is 12.1 Å². The Kier molecular flexibility index (Phi) is 3.89. The molecule has 0 spiro atoms.